The Bertz CT molecular complexity index is 1330. The Kier molecular flexibility index (Phi) is 54.6. The van der Waals surface area contributed by atoms with E-state index < -0.39 is 74.2 Å². The number of hydrogen-bond acceptors (Lipinski definition) is 10. The van der Waals surface area contributed by atoms with Gasteiger partial charge in [0.25, 0.3) is 0 Å². The third-order valence-corrected chi connectivity index (χ3v) is 16.7. The smallest absolute Gasteiger partial charge is 0.249 e. The van der Waals surface area contributed by atoms with Gasteiger partial charge in [0.2, 0.25) is 5.91 Å². The lowest BCUT2D eigenvalue weighted by Crippen LogP contribution is -2.60. The standard InChI is InChI=1S/C68H131NO10/c1-3-5-7-9-11-13-15-17-19-21-23-25-27-29-30-31-32-34-35-37-39-41-43-45-47-49-51-53-55-60(71)63(73)59(58-78-68-66(76)65(75)64(74)62(57-70)79-68)69-67(77)61(72)56-54-52-50-48-46-44-42-40-38-36-33-28-26-24-22-20-18-16-14-12-10-8-6-4-2/h39,41,47,49,59-66,68,70-76H,3-38,40,42-46,48,50-58H2,1-2H3,(H,69,77)/b41-39+,49-47+. The molecule has 0 aromatic carbocycles. The lowest BCUT2D eigenvalue weighted by Gasteiger charge is -2.40. The molecule has 0 aromatic heterocycles. The monoisotopic (exact) mass is 1120 g/mol. The predicted molar refractivity (Wildman–Crippen MR) is 330 cm³/mol. The van der Waals surface area contributed by atoms with E-state index in [4.69, 9.17) is 9.47 Å². The molecule has 9 unspecified atom stereocenters. The molecule has 0 aliphatic carbocycles. The number of aliphatic hydroxyl groups is 7. The summed E-state index contributed by atoms with van der Waals surface area (Å²) in [4.78, 5) is 13.2. The van der Waals surface area contributed by atoms with Gasteiger partial charge < -0.3 is 50.5 Å². The van der Waals surface area contributed by atoms with Crippen LogP contribution in [0.4, 0.5) is 0 Å². The summed E-state index contributed by atoms with van der Waals surface area (Å²) in [6, 6.07) is -1.19. The summed E-state index contributed by atoms with van der Waals surface area (Å²) in [5.74, 6) is -0.703. The number of unbranched alkanes of at least 4 members (excludes halogenated alkanes) is 44. The summed E-state index contributed by atoms with van der Waals surface area (Å²) >= 11 is 0. The lowest BCUT2D eigenvalue weighted by molar-refractivity contribution is -0.303. The Labute approximate surface area is 486 Å². The molecule has 468 valence electrons. The van der Waals surface area contributed by atoms with Crippen molar-refractivity contribution in [3.8, 4) is 0 Å². The number of ether oxygens (including phenoxy) is 2. The van der Waals surface area contributed by atoms with E-state index >= 15 is 0 Å². The third kappa shape index (κ3) is 44.7. The zero-order valence-corrected chi connectivity index (χ0v) is 51.6. The molecular weight excluding hydrogens is 991 g/mol. The van der Waals surface area contributed by atoms with Crippen molar-refractivity contribution in [2.75, 3.05) is 13.2 Å². The van der Waals surface area contributed by atoms with Crippen molar-refractivity contribution in [1.29, 1.82) is 0 Å². The van der Waals surface area contributed by atoms with Crippen LogP contribution in [0.1, 0.15) is 335 Å². The Morgan fingerprint density at radius 3 is 1.13 bits per heavy atom. The second kappa shape index (κ2) is 57.0. The average Bonchev–Trinajstić information content (AvgIpc) is 3.46. The molecule has 11 heteroatoms. The van der Waals surface area contributed by atoms with Gasteiger partial charge in [0.1, 0.15) is 36.6 Å². The van der Waals surface area contributed by atoms with E-state index in [9.17, 15) is 40.5 Å². The molecule has 0 aromatic rings. The molecule has 1 fully saturated rings. The number of carbonyl (C=O) groups excluding carboxylic acids is 1. The minimum absolute atomic E-state index is 0.249. The Morgan fingerprint density at radius 2 is 0.759 bits per heavy atom. The molecule has 0 radical (unpaired) electrons. The average molecular weight is 1120 g/mol. The van der Waals surface area contributed by atoms with Gasteiger partial charge in [0.15, 0.2) is 6.29 Å². The van der Waals surface area contributed by atoms with Crippen molar-refractivity contribution < 1.29 is 50.0 Å². The highest BCUT2D eigenvalue weighted by Crippen LogP contribution is 2.24. The van der Waals surface area contributed by atoms with Gasteiger partial charge >= 0.3 is 0 Å². The Hall–Kier alpha value is -1.41. The van der Waals surface area contributed by atoms with Crippen molar-refractivity contribution in [1.82, 2.24) is 5.32 Å². The van der Waals surface area contributed by atoms with Crippen LogP contribution < -0.4 is 5.32 Å². The molecule has 0 bridgehead atoms. The van der Waals surface area contributed by atoms with Crippen molar-refractivity contribution in [2.45, 2.75) is 390 Å². The molecule has 1 amide bonds. The Morgan fingerprint density at radius 1 is 0.430 bits per heavy atom. The first-order valence-electron chi connectivity index (χ1n) is 34.2. The second-order valence-corrected chi connectivity index (χ2v) is 24.2. The van der Waals surface area contributed by atoms with Crippen LogP contribution in [0.25, 0.3) is 0 Å². The molecule has 8 N–H and O–H groups in total. The van der Waals surface area contributed by atoms with Crippen molar-refractivity contribution in [3.05, 3.63) is 24.3 Å². The van der Waals surface area contributed by atoms with Crippen LogP contribution in [0.3, 0.4) is 0 Å². The predicted octanol–water partition coefficient (Wildman–Crippen LogP) is 16.0. The summed E-state index contributed by atoms with van der Waals surface area (Å²) in [7, 11) is 0. The highest BCUT2D eigenvalue weighted by molar-refractivity contribution is 5.80. The van der Waals surface area contributed by atoms with Crippen LogP contribution in [-0.2, 0) is 14.3 Å². The highest BCUT2D eigenvalue weighted by atomic mass is 16.7. The van der Waals surface area contributed by atoms with Crippen molar-refractivity contribution >= 4 is 5.91 Å². The topological polar surface area (TPSA) is 189 Å². The number of hydrogen-bond donors (Lipinski definition) is 8. The first-order valence-corrected chi connectivity index (χ1v) is 34.2. The van der Waals surface area contributed by atoms with Crippen LogP contribution in [-0.4, -0.2) is 110 Å². The van der Waals surface area contributed by atoms with E-state index in [0.717, 1.165) is 38.5 Å². The van der Waals surface area contributed by atoms with Crippen molar-refractivity contribution in [3.63, 3.8) is 0 Å². The molecule has 0 saturated carbocycles. The maximum Gasteiger partial charge on any atom is 0.249 e. The fourth-order valence-electron chi connectivity index (χ4n) is 11.2. The fraction of sp³-hybridized carbons (Fsp3) is 0.926. The Balaban J connectivity index is 2.24. The van der Waals surface area contributed by atoms with Gasteiger partial charge in [-0.15, -0.1) is 0 Å². The van der Waals surface area contributed by atoms with Crippen LogP contribution >= 0.6 is 0 Å². The number of allylic oxidation sites excluding steroid dienone is 4. The van der Waals surface area contributed by atoms with E-state index in [1.165, 1.54) is 250 Å². The number of nitrogens with one attached hydrogen (secondary N) is 1. The number of amides is 1. The van der Waals surface area contributed by atoms with Crippen LogP contribution in [0.5, 0.6) is 0 Å². The molecule has 0 spiro atoms. The fourth-order valence-corrected chi connectivity index (χ4v) is 11.2. The van der Waals surface area contributed by atoms with Gasteiger partial charge in [-0.3, -0.25) is 4.79 Å². The zero-order valence-electron chi connectivity index (χ0n) is 51.6. The van der Waals surface area contributed by atoms with Gasteiger partial charge in [0, 0.05) is 0 Å². The summed E-state index contributed by atoms with van der Waals surface area (Å²) < 4.78 is 11.2. The molecule has 79 heavy (non-hydrogen) atoms. The zero-order chi connectivity index (χ0) is 57.5. The minimum atomic E-state index is -1.67. The van der Waals surface area contributed by atoms with Gasteiger partial charge in [-0.25, -0.2) is 0 Å². The van der Waals surface area contributed by atoms with Crippen LogP contribution in [0, 0.1) is 0 Å². The summed E-state index contributed by atoms with van der Waals surface area (Å²) in [5.41, 5.74) is 0. The van der Waals surface area contributed by atoms with Crippen LogP contribution in [0.15, 0.2) is 24.3 Å². The summed E-state index contributed by atoms with van der Waals surface area (Å²) in [5, 5.41) is 76.4. The lowest BCUT2D eigenvalue weighted by atomic mass is 9.98. The van der Waals surface area contributed by atoms with Crippen LogP contribution in [0.2, 0.25) is 0 Å². The van der Waals surface area contributed by atoms with Gasteiger partial charge in [-0.2, -0.15) is 0 Å². The summed E-state index contributed by atoms with van der Waals surface area (Å²) in [6.07, 6.45) is 59.8. The van der Waals surface area contributed by atoms with Gasteiger partial charge in [0.05, 0.1) is 25.4 Å². The van der Waals surface area contributed by atoms with E-state index in [-0.39, 0.29) is 12.8 Å². The van der Waals surface area contributed by atoms with E-state index in [0.29, 0.717) is 19.3 Å². The number of carbonyl (C=O) groups is 1. The molecule has 9 atom stereocenters. The van der Waals surface area contributed by atoms with E-state index in [2.05, 4.69) is 43.5 Å². The normalized spacial score (nSPS) is 19.4. The molecule has 1 heterocycles. The van der Waals surface area contributed by atoms with Crippen molar-refractivity contribution in [2.24, 2.45) is 0 Å². The molecule has 11 nitrogen and oxygen atoms in total. The maximum atomic E-state index is 13.2. The minimum Gasteiger partial charge on any atom is -0.394 e. The largest absolute Gasteiger partial charge is 0.394 e. The molecule has 1 aliphatic rings. The molecule has 1 rings (SSSR count). The van der Waals surface area contributed by atoms with Gasteiger partial charge in [-0.05, 0) is 51.4 Å². The highest BCUT2D eigenvalue weighted by Gasteiger charge is 2.44. The molecule has 1 saturated heterocycles. The second-order valence-electron chi connectivity index (χ2n) is 24.2. The SMILES string of the molecule is CCCCCCCCCCCCCCCCCCCCC/C=C/CC/C=C/CCCC(O)C(O)C(COC1OC(CO)C(O)C(O)C1O)NC(=O)C(O)CCCCCCCCCCCCCCCCCCCCCCCCCC. The van der Waals surface area contributed by atoms with E-state index in [1.54, 1.807) is 0 Å². The molecular formula is C68H131NO10. The number of rotatable bonds is 60. The van der Waals surface area contributed by atoms with Gasteiger partial charge in [-0.1, -0.05) is 308 Å². The first-order chi connectivity index (χ1) is 38.7. The number of aliphatic hydroxyl groups excluding tert-OH is 7. The third-order valence-electron chi connectivity index (χ3n) is 16.7. The maximum absolute atomic E-state index is 13.2. The quantitative estimate of drug-likeness (QED) is 0.0215. The molecule has 1 aliphatic heterocycles. The summed E-state index contributed by atoms with van der Waals surface area (Å²) in [6.45, 7) is 3.49. The first kappa shape index (κ1) is 75.6. The van der Waals surface area contributed by atoms with E-state index in [1.807, 2.05) is 0 Å².